The van der Waals surface area contributed by atoms with Gasteiger partial charge in [-0.1, -0.05) is 0 Å². The van der Waals surface area contributed by atoms with Gasteiger partial charge >= 0.3 is 5.97 Å². The molecule has 2 unspecified atom stereocenters. The normalized spacial score (nSPS) is 14.7. The molecule has 1 rings (SSSR count). The van der Waals surface area contributed by atoms with Gasteiger partial charge in [0.2, 0.25) is 0 Å². The van der Waals surface area contributed by atoms with Crippen LogP contribution in [0.2, 0.25) is 0 Å². The first-order valence-electron chi connectivity index (χ1n) is 4.33. The van der Waals surface area contributed by atoms with Crippen molar-refractivity contribution in [3.05, 3.63) is 20.8 Å². The van der Waals surface area contributed by atoms with Crippen LogP contribution in [0.25, 0.3) is 0 Å². The first kappa shape index (κ1) is 12.6. The Kier molecular flexibility index (Phi) is 4.72. The largest absolute Gasteiger partial charge is 0.464 e. The minimum absolute atomic E-state index is 0.177. The van der Waals surface area contributed by atoms with Crippen molar-refractivity contribution >= 4 is 33.2 Å². The van der Waals surface area contributed by atoms with Crippen molar-refractivity contribution in [3.63, 3.8) is 0 Å². The fraction of sp³-hybridized carbons (Fsp3) is 0.444. The lowest BCUT2D eigenvalue weighted by atomic mass is 10.2. The van der Waals surface area contributed by atoms with Gasteiger partial charge in [-0.15, -0.1) is 11.3 Å². The number of rotatable bonds is 4. The summed E-state index contributed by atoms with van der Waals surface area (Å²) in [6, 6.07) is 1.65. The maximum absolute atomic E-state index is 11.1. The van der Waals surface area contributed by atoms with E-state index in [9.17, 15) is 15.0 Å². The van der Waals surface area contributed by atoms with Crippen molar-refractivity contribution in [3.8, 4) is 0 Å². The predicted octanol–water partition coefficient (Wildman–Crippen LogP) is 1.47. The molecule has 0 radical (unpaired) electrons. The van der Waals surface area contributed by atoms with Crippen LogP contribution in [0.4, 0.5) is 0 Å². The summed E-state index contributed by atoms with van der Waals surface area (Å²) in [5, 5.41) is 20.8. The molecule has 0 spiro atoms. The Morgan fingerprint density at radius 3 is 2.80 bits per heavy atom. The molecule has 2 atom stereocenters. The number of halogens is 1. The number of thiophene rings is 1. The molecule has 0 aliphatic heterocycles. The maximum atomic E-state index is 11.1. The van der Waals surface area contributed by atoms with Crippen LogP contribution in [-0.2, 0) is 9.53 Å². The summed E-state index contributed by atoms with van der Waals surface area (Å²) < 4.78 is 5.40. The number of hydrogen-bond donors (Lipinski definition) is 2. The van der Waals surface area contributed by atoms with Gasteiger partial charge in [-0.05, 0) is 28.9 Å². The van der Waals surface area contributed by atoms with Gasteiger partial charge in [-0.25, -0.2) is 4.79 Å². The molecule has 15 heavy (non-hydrogen) atoms. The third-order valence-corrected chi connectivity index (χ3v) is 3.47. The Morgan fingerprint density at radius 1 is 1.67 bits per heavy atom. The van der Waals surface area contributed by atoms with Gasteiger partial charge in [0.15, 0.2) is 6.10 Å². The Morgan fingerprint density at radius 2 is 2.33 bits per heavy atom. The zero-order chi connectivity index (χ0) is 11.4. The second-order valence-corrected chi connectivity index (χ2v) is 4.67. The molecule has 0 fully saturated rings. The molecule has 0 bridgehead atoms. The van der Waals surface area contributed by atoms with E-state index < -0.39 is 18.2 Å². The van der Waals surface area contributed by atoms with E-state index >= 15 is 0 Å². The van der Waals surface area contributed by atoms with Crippen molar-refractivity contribution in [2.24, 2.45) is 0 Å². The summed E-state index contributed by atoms with van der Waals surface area (Å²) in [4.78, 5) is 11.6. The first-order chi connectivity index (χ1) is 7.06. The minimum Gasteiger partial charge on any atom is -0.464 e. The Hall–Kier alpha value is -0.430. The highest BCUT2D eigenvalue weighted by atomic mass is 79.9. The number of aliphatic hydroxyl groups is 2. The van der Waals surface area contributed by atoms with E-state index in [1.807, 2.05) is 0 Å². The average Bonchev–Trinajstić information content (AvgIpc) is 2.63. The summed E-state index contributed by atoms with van der Waals surface area (Å²) in [5.41, 5.74) is 0. The van der Waals surface area contributed by atoms with Gasteiger partial charge in [-0.3, -0.25) is 0 Å². The quantitative estimate of drug-likeness (QED) is 0.825. The highest BCUT2D eigenvalue weighted by Crippen LogP contribution is 2.27. The monoisotopic (exact) mass is 294 g/mol. The molecule has 4 nitrogen and oxygen atoms in total. The van der Waals surface area contributed by atoms with E-state index in [-0.39, 0.29) is 6.61 Å². The van der Waals surface area contributed by atoms with Crippen LogP contribution < -0.4 is 0 Å². The van der Waals surface area contributed by atoms with E-state index in [0.717, 1.165) is 4.47 Å². The Bertz CT molecular complexity index is 339. The summed E-state index contributed by atoms with van der Waals surface area (Å²) >= 11 is 4.48. The third kappa shape index (κ3) is 3.27. The van der Waals surface area contributed by atoms with E-state index in [1.165, 1.54) is 11.3 Å². The topological polar surface area (TPSA) is 66.8 Å². The molecule has 2 N–H and O–H groups in total. The number of aliphatic hydroxyl groups excluding tert-OH is 2. The standard InChI is InChI=1S/C9H11BrO4S/c1-2-14-9(13)8(12)7(11)6-3-5(10)4-15-6/h3-4,7-8,11-12H,2H2,1H3. The summed E-state index contributed by atoms with van der Waals surface area (Å²) in [6.07, 6.45) is -2.77. The molecule has 1 heterocycles. The van der Waals surface area contributed by atoms with E-state index in [2.05, 4.69) is 20.7 Å². The molecule has 1 aromatic heterocycles. The number of ether oxygens (including phenoxy) is 1. The van der Waals surface area contributed by atoms with E-state index in [0.29, 0.717) is 4.88 Å². The molecule has 0 amide bonds. The van der Waals surface area contributed by atoms with Crippen LogP contribution in [0.3, 0.4) is 0 Å². The molecular formula is C9H11BrO4S. The highest BCUT2D eigenvalue weighted by Gasteiger charge is 2.27. The van der Waals surface area contributed by atoms with Crippen LogP contribution in [0.1, 0.15) is 17.9 Å². The van der Waals surface area contributed by atoms with Gasteiger partial charge < -0.3 is 14.9 Å². The van der Waals surface area contributed by atoms with Crippen LogP contribution in [0, 0.1) is 0 Å². The number of hydrogen-bond acceptors (Lipinski definition) is 5. The molecule has 0 aromatic carbocycles. The number of esters is 1. The Balaban J connectivity index is 2.67. The van der Waals surface area contributed by atoms with Gasteiger partial charge in [0.05, 0.1) is 6.61 Å². The van der Waals surface area contributed by atoms with Gasteiger partial charge in [-0.2, -0.15) is 0 Å². The maximum Gasteiger partial charge on any atom is 0.338 e. The lowest BCUT2D eigenvalue weighted by Crippen LogP contribution is -2.29. The fourth-order valence-electron chi connectivity index (χ4n) is 0.996. The zero-order valence-electron chi connectivity index (χ0n) is 8.01. The second-order valence-electron chi connectivity index (χ2n) is 2.81. The van der Waals surface area contributed by atoms with Crippen molar-refractivity contribution in [2.45, 2.75) is 19.1 Å². The van der Waals surface area contributed by atoms with Gasteiger partial charge in [0, 0.05) is 14.7 Å². The second kappa shape index (κ2) is 5.60. The average molecular weight is 295 g/mol. The fourth-order valence-corrected chi connectivity index (χ4v) is 2.45. The molecule has 84 valence electrons. The molecule has 1 aromatic rings. The third-order valence-electron chi connectivity index (χ3n) is 1.71. The lowest BCUT2D eigenvalue weighted by molar-refractivity contribution is -0.159. The zero-order valence-corrected chi connectivity index (χ0v) is 10.4. The summed E-state index contributed by atoms with van der Waals surface area (Å²) in [7, 11) is 0. The van der Waals surface area contributed by atoms with Gasteiger partial charge in [0.25, 0.3) is 0 Å². The van der Waals surface area contributed by atoms with Crippen molar-refractivity contribution in [2.75, 3.05) is 6.61 Å². The molecule has 0 saturated heterocycles. The summed E-state index contributed by atoms with van der Waals surface area (Å²) in [6.45, 7) is 1.81. The minimum atomic E-state index is -1.53. The molecule has 0 saturated carbocycles. The van der Waals surface area contributed by atoms with Crippen LogP contribution in [0.5, 0.6) is 0 Å². The highest BCUT2D eigenvalue weighted by molar-refractivity contribution is 9.10. The Labute approximate surface area is 99.6 Å². The van der Waals surface area contributed by atoms with Crippen molar-refractivity contribution in [1.82, 2.24) is 0 Å². The van der Waals surface area contributed by atoms with Crippen LogP contribution in [0.15, 0.2) is 15.9 Å². The number of carbonyl (C=O) groups is 1. The van der Waals surface area contributed by atoms with E-state index in [1.54, 1.807) is 18.4 Å². The van der Waals surface area contributed by atoms with Crippen LogP contribution >= 0.6 is 27.3 Å². The molecule has 0 aliphatic carbocycles. The van der Waals surface area contributed by atoms with Crippen molar-refractivity contribution < 1.29 is 19.7 Å². The van der Waals surface area contributed by atoms with E-state index in [4.69, 9.17) is 0 Å². The molecular weight excluding hydrogens is 284 g/mol. The summed E-state index contributed by atoms with van der Waals surface area (Å²) in [5.74, 6) is -0.811. The number of carbonyl (C=O) groups excluding carboxylic acids is 1. The predicted molar refractivity (Wildman–Crippen MR) is 59.6 cm³/mol. The first-order valence-corrected chi connectivity index (χ1v) is 6.00. The van der Waals surface area contributed by atoms with Crippen LogP contribution in [-0.4, -0.2) is 28.9 Å². The van der Waals surface area contributed by atoms with Crippen molar-refractivity contribution in [1.29, 1.82) is 0 Å². The molecule has 0 aliphatic rings. The smallest absolute Gasteiger partial charge is 0.338 e. The lowest BCUT2D eigenvalue weighted by Gasteiger charge is -2.14. The molecule has 6 heteroatoms. The van der Waals surface area contributed by atoms with Gasteiger partial charge in [0.1, 0.15) is 6.10 Å². The SMILES string of the molecule is CCOC(=O)C(O)C(O)c1cc(Br)cs1.